The second kappa shape index (κ2) is 6.31. The molecule has 0 saturated heterocycles. The van der Waals surface area contributed by atoms with Gasteiger partial charge < -0.3 is 4.90 Å². The fraction of sp³-hybridized carbons (Fsp3) is 0.333. The third kappa shape index (κ3) is 3.15. The van der Waals surface area contributed by atoms with Crippen LogP contribution in [0.3, 0.4) is 0 Å². The van der Waals surface area contributed by atoms with Crippen molar-refractivity contribution in [2.75, 3.05) is 11.9 Å². The minimum atomic E-state index is -0.198. The highest BCUT2D eigenvalue weighted by molar-refractivity contribution is 9.10. The van der Waals surface area contributed by atoms with Crippen LogP contribution in [-0.4, -0.2) is 17.0 Å². The first-order chi connectivity index (χ1) is 9.52. The molecule has 0 aliphatic carbocycles. The number of rotatable bonds is 4. The van der Waals surface area contributed by atoms with Crippen LogP contribution >= 0.6 is 15.9 Å². The Balaban J connectivity index is 2.33. The molecule has 0 fully saturated rings. The van der Waals surface area contributed by atoms with Gasteiger partial charge in [-0.05, 0) is 28.9 Å². The van der Waals surface area contributed by atoms with Gasteiger partial charge in [-0.3, -0.25) is 0 Å². The summed E-state index contributed by atoms with van der Waals surface area (Å²) in [4.78, 5) is 10.7. The second-order valence-electron chi connectivity index (χ2n) is 4.63. The smallest absolute Gasteiger partial charge is 0.133 e. The minimum absolute atomic E-state index is 0.109. The van der Waals surface area contributed by atoms with Gasteiger partial charge in [0.25, 0.3) is 0 Å². The molecule has 0 saturated carbocycles. The molecular weight excluding hydrogens is 321 g/mol. The summed E-state index contributed by atoms with van der Waals surface area (Å²) in [5.41, 5.74) is 0.655. The van der Waals surface area contributed by atoms with Crippen LogP contribution in [0.2, 0.25) is 0 Å². The lowest BCUT2D eigenvalue weighted by atomic mass is 10.1. The molecule has 0 radical (unpaired) electrons. The summed E-state index contributed by atoms with van der Waals surface area (Å²) in [6.45, 7) is 3.96. The van der Waals surface area contributed by atoms with Crippen LogP contribution in [0.15, 0.2) is 34.9 Å². The first-order valence-electron chi connectivity index (χ1n) is 6.53. The third-order valence-electron chi connectivity index (χ3n) is 3.34. The molecule has 2 rings (SSSR count). The zero-order valence-corrected chi connectivity index (χ0v) is 13.4. The topological polar surface area (TPSA) is 29.0 Å². The van der Waals surface area contributed by atoms with Crippen molar-refractivity contribution in [1.29, 1.82) is 0 Å². The quantitative estimate of drug-likeness (QED) is 0.785. The number of anilines is 1. The largest absolute Gasteiger partial charge is 0.353 e. The highest BCUT2D eigenvalue weighted by Gasteiger charge is 2.17. The van der Waals surface area contributed by atoms with Crippen molar-refractivity contribution in [2.24, 2.45) is 0 Å². The maximum Gasteiger partial charge on any atom is 0.133 e. The van der Waals surface area contributed by atoms with Gasteiger partial charge in [-0.25, -0.2) is 14.4 Å². The summed E-state index contributed by atoms with van der Waals surface area (Å²) < 4.78 is 14.6. The van der Waals surface area contributed by atoms with E-state index < -0.39 is 0 Å². The van der Waals surface area contributed by atoms with Crippen LogP contribution < -0.4 is 4.90 Å². The van der Waals surface area contributed by atoms with Gasteiger partial charge in [0.2, 0.25) is 0 Å². The second-order valence-corrected chi connectivity index (χ2v) is 5.44. The van der Waals surface area contributed by atoms with Gasteiger partial charge in [0.1, 0.15) is 22.1 Å². The standard InChI is InChI=1S/C15H17BrFN3/c1-4-14-18-13(16)9-15(19-14)20(3)10(2)11-7-5-6-8-12(11)17/h5-10H,4H2,1-3H3. The Labute approximate surface area is 127 Å². The summed E-state index contributed by atoms with van der Waals surface area (Å²) in [7, 11) is 1.91. The molecule has 0 spiro atoms. The normalized spacial score (nSPS) is 12.2. The van der Waals surface area contributed by atoms with Crippen molar-refractivity contribution in [3.05, 3.63) is 52.1 Å². The molecule has 3 nitrogen and oxygen atoms in total. The molecule has 0 aliphatic rings. The van der Waals surface area contributed by atoms with Crippen molar-refractivity contribution in [3.8, 4) is 0 Å². The van der Waals surface area contributed by atoms with Gasteiger partial charge in [0.15, 0.2) is 0 Å². The Morgan fingerprint density at radius 1 is 1.30 bits per heavy atom. The molecule has 0 amide bonds. The lowest BCUT2D eigenvalue weighted by Crippen LogP contribution is -2.24. The Hall–Kier alpha value is -1.49. The number of hydrogen-bond donors (Lipinski definition) is 0. The highest BCUT2D eigenvalue weighted by Crippen LogP contribution is 2.27. The predicted molar refractivity (Wildman–Crippen MR) is 82.3 cm³/mol. The van der Waals surface area contributed by atoms with E-state index in [1.54, 1.807) is 12.1 Å². The molecule has 1 heterocycles. The molecule has 1 aromatic heterocycles. The van der Waals surface area contributed by atoms with Crippen molar-refractivity contribution in [3.63, 3.8) is 0 Å². The van der Waals surface area contributed by atoms with Crippen LogP contribution in [0, 0.1) is 5.82 Å². The third-order valence-corrected chi connectivity index (χ3v) is 3.75. The minimum Gasteiger partial charge on any atom is -0.353 e. The number of hydrogen-bond acceptors (Lipinski definition) is 3. The number of benzene rings is 1. The van der Waals surface area contributed by atoms with Crippen LogP contribution in [-0.2, 0) is 6.42 Å². The molecule has 2 aromatic rings. The van der Waals surface area contributed by atoms with Crippen LogP contribution in [0.25, 0.3) is 0 Å². The predicted octanol–water partition coefficient (Wildman–Crippen LogP) is 4.14. The monoisotopic (exact) mass is 337 g/mol. The van der Waals surface area contributed by atoms with Crippen molar-refractivity contribution in [1.82, 2.24) is 9.97 Å². The van der Waals surface area contributed by atoms with Crippen LogP contribution in [0.1, 0.15) is 31.3 Å². The van der Waals surface area contributed by atoms with Crippen LogP contribution in [0.5, 0.6) is 0 Å². The van der Waals surface area contributed by atoms with Gasteiger partial charge in [-0.2, -0.15) is 0 Å². The fourth-order valence-corrected chi connectivity index (χ4v) is 2.42. The zero-order valence-electron chi connectivity index (χ0n) is 11.8. The van der Waals surface area contributed by atoms with E-state index in [9.17, 15) is 4.39 Å². The molecule has 5 heteroatoms. The lowest BCUT2D eigenvalue weighted by molar-refractivity contribution is 0.583. The molecule has 0 N–H and O–H groups in total. The average molecular weight is 338 g/mol. The van der Waals surface area contributed by atoms with E-state index in [1.807, 2.05) is 37.9 Å². The molecule has 1 atom stereocenters. The van der Waals surface area contributed by atoms with Gasteiger partial charge in [-0.15, -0.1) is 0 Å². The maximum atomic E-state index is 13.9. The van der Waals surface area contributed by atoms with E-state index in [2.05, 4.69) is 25.9 Å². The Morgan fingerprint density at radius 3 is 2.65 bits per heavy atom. The molecule has 0 bridgehead atoms. The number of aromatic nitrogens is 2. The van der Waals surface area contributed by atoms with E-state index in [0.29, 0.717) is 5.56 Å². The highest BCUT2D eigenvalue weighted by atomic mass is 79.9. The van der Waals surface area contributed by atoms with Gasteiger partial charge in [-0.1, -0.05) is 25.1 Å². The van der Waals surface area contributed by atoms with E-state index in [0.717, 1.165) is 22.7 Å². The molecular formula is C15H17BrFN3. The zero-order chi connectivity index (χ0) is 14.7. The molecule has 106 valence electrons. The Morgan fingerprint density at radius 2 is 2.00 bits per heavy atom. The number of halogens is 2. The van der Waals surface area contributed by atoms with Gasteiger partial charge >= 0.3 is 0 Å². The molecule has 20 heavy (non-hydrogen) atoms. The number of aryl methyl sites for hydroxylation is 1. The summed E-state index contributed by atoms with van der Waals surface area (Å²) in [6, 6.07) is 8.55. The molecule has 1 aromatic carbocycles. The lowest BCUT2D eigenvalue weighted by Gasteiger charge is -2.27. The average Bonchev–Trinajstić information content (AvgIpc) is 2.45. The van der Waals surface area contributed by atoms with Crippen molar-refractivity contribution >= 4 is 21.7 Å². The first kappa shape index (κ1) is 14.9. The summed E-state index contributed by atoms with van der Waals surface area (Å²) in [5, 5.41) is 0. The maximum absolute atomic E-state index is 13.9. The van der Waals surface area contributed by atoms with Crippen molar-refractivity contribution < 1.29 is 4.39 Å². The fourth-order valence-electron chi connectivity index (χ4n) is 2.01. The van der Waals surface area contributed by atoms with E-state index in [1.165, 1.54) is 6.07 Å². The SMILES string of the molecule is CCc1nc(Br)cc(N(C)C(C)c2ccccc2F)n1. The summed E-state index contributed by atoms with van der Waals surface area (Å²) in [5.74, 6) is 1.34. The van der Waals surface area contributed by atoms with Crippen LogP contribution in [0.4, 0.5) is 10.2 Å². The molecule has 1 unspecified atom stereocenters. The van der Waals surface area contributed by atoms with Gasteiger partial charge in [0, 0.05) is 25.1 Å². The summed E-state index contributed by atoms with van der Waals surface area (Å²) >= 11 is 3.39. The number of nitrogens with zero attached hydrogens (tertiary/aromatic N) is 3. The Kier molecular flexibility index (Phi) is 4.70. The summed E-state index contributed by atoms with van der Waals surface area (Å²) in [6.07, 6.45) is 0.758. The van der Waals surface area contributed by atoms with Crippen molar-refractivity contribution in [2.45, 2.75) is 26.3 Å². The van der Waals surface area contributed by atoms with E-state index in [4.69, 9.17) is 0 Å². The first-order valence-corrected chi connectivity index (χ1v) is 7.33. The Bertz CT molecular complexity index is 603. The van der Waals surface area contributed by atoms with Gasteiger partial charge in [0.05, 0.1) is 6.04 Å². The van der Waals surface area contributed by atoms with E-state index in [-0.39, 0.29) is 11.9 Å². The van der Waals surface area contributed by atoms with E-state index >= 15 is 0 Å². The molecule has 0 aliphatic heterocycles.